The molecule has 0 bridgehead atoms. The largest absolute Gasteiger partial charge is 0.402 e. The first kappa shape index (κ1) is 15.8. The molecular formula is C17H21ClN2O. The average Bonchev–Trinajstić information content (AvgIpc) is 2.54. The van der Waals surface area contributed by atoms with Crippen LogP contribution in [-0.4, -0.2) is 11.5 Å². The lowest BCUT2D eigenvalue weighted by molar-refractivity contribution is 0.0977. The molecule has 0 saturated heterocycles. The minimum Gasteiger partial charge on any atom is -0.402 e. The number of ketones is 1. The molecule has 4 heteroatoms. The smallest absolute Gasteiger partial charge is 0.163 e. The molecule has 1 aromatic rings. The van der Waals surface area contributed by atoms with Crippen molar-refractivity contribution in [1.29, 1.82) is 5.41 Å². The highest BCUT2D eigenvalue weighted by atomic mass is 35.5. The van der Waals surface area contributed by atoms with Crippen LogP contribution < -0.4 is 5.73 Å². The third kappa shape index (κ3) is 3.73. The Bertz CT molecular complexity index is 619. The maximum Gasteiger partial charge on any atom is 0.163 e. The molecule has 112 valence electrons. The fourth-order valence-corrected chi connectivity index (χ4v) is 3.26. The molecule has 21 heavy (non-hydrogen) atoms. The van der Waals surface area contributed by atoms with Gasteiger partial charge in [-0.3, -0.25) is 4.79 Å². The quantitative estimate of drug-likeness (QED) is 0.653. The Labute approximate surface area is 130 Å². The van der Waals surface area contributed by atoms with Crippen molar-refractivity contribution in [3.63, 3.8) is 0 Å². The van der Waals surface area contributed by atoms with Crippen LogP contribution in [0.5, 0.6) is 0 Å². The van der Waals surface area contributed by atoms with E-state index >= 15 is 0 Å². The Kier molecular flexibility index (Phi) is 4.84. The van der Waals surface area contributed by atoms with Gasteiger partial charge in [-0.1, -0.05) is 17.7 Å². The number of halogens is 1. The van der Waals surface area contributed by atoms with Crippen molar-refractivity contribution in [2.45, 2.75) is 39.5 Å². The standard InChI is InChI=1S/C17H21ClN2O/c1-10-3-5-15(18)14-9-12(4-6-16(21)17(10)14)8-13(20)7-11(2)19/h3,5,7,12,19H,4,6,8-9,20H2,1-2H3/b13-7-,19-11?. The van der Waals surface area contributed by atoms with Gasteiger partial charge in [-0.2, -0.15) is 0 Å². The molecule has 0 heterocycles. The Hall–Kier alpha value is -1.61. The highest BCUT2D eigenvalue weighted by Crippen LogP contribution is 2.33. The molecule has 1 atom stereocenters. The zero-order valence-electron chi connectivity index (χ0n) is 12.5. The van der Waals surface area contributed by atoms with Crippen molar-refractivity contribution in [2.24, 2.45) is 11.7 Å². The summed E-state index contributed by atoms with van der Waals surface area (Å²) in [5.74, 6) is 0.475. The summed E-state index contributed by atoms with van der Waals surface area (Å²) >= 11 is 6.31. The first-order valence-electron chi connectivity index (χ1n) is 7.21. The monoisotopic (exact) mass is 304 g/mol. The molecule has 0 radical (unpaired) electrons. The number of benzene rings is 1. The minimum atomic E-state index is 0.179. The lowest BCUT2D eigenvalue weighted by Crippen LogP contribution is -2.10. The van der Waals surface area contributed by atoms with Gasteiger partial charge in [0.05, 0.1) is 0 Å². The van der Waals surface area contributed by atoms with Gasteiger partial charge in [0, 0.05) is 28.4 Å². The predicted octanol–water partition coefficient (Wildman–Crippen LogP) is 4.06. The fourth-order valence-electron chi connectivity index (χ4n) is 3.02. The van der Waals surface area contributed by atoms with Crippen LogP contribution in [0, 0.1) is 18.3 Å². The van der Waals surface area contributed by atoms with Crippen molar-refractivity contribution in [1.82, 2.24) is 0 Å². The number of carbonyl (C=O) groups excluding carboxylic acids is 1. The van der Waals surface area contributed by atoms with Gasteiger partial charge >= 0.3 is 0 Å². The van der Waals surface area contributed by atoms with E-state index in [4.69, 9.17) is 22.7 Å². The van der Waals surface area contributed by atoms with Gasteiger partial charge in [-0.05, 0) is 62.3 Å². The first-order chi connectivity index (χ1) is 9.88. The van der Waals surface area contributed by atoms with Gasteiger partial charge in [-0.25, -0.2) is 0 Å². The lowest BCUT2D eigenvalue weighted by Gasteiger charge is -2.16. The molecule has 0 aliphatic heterocycles. The van der Waals surface area contributed by atoms with Gasteiger partial charge in [0.15, 0.2) is 5.78 Å². The van der Waals surface area contributed by atoms with E-state index in [0.29, 0.717) is 35.2 Å². The Morgan fingerprint density at radius 1 is 1.52 bits per heavy atom. The highest BCUT2D eigenvalue weighted by molar-refractivity contribution is 6.32. The second-order valence-corrected chi connectivity index (χ2v) is 6.26. The summed E-state index contributed by atoms with van der Waals surface area (Å²) in [5, 5.41) is 8.13. The molecule has 2 rings (SSSR count). The fraction of sp³-hybridized carbons (Fsp3) is 0.412. The van der Waals surface area contributed by atoms with Crippen LogP contribution in [0.1, 0.15) is 47.7 Å². The number of Topliss-reactive ketones (excluding diaryl/α,β-unsaturated/α-hetero) is 1. The molecule has 0 aromatic heterocycles. The van der Waals surface area contributed by atoms with Crippen molar-refractivity contribution in [3.05, 3.63) is 45.6 Å². The molecule has 1 aliphatic carbocycles. The third-order valence-corrected chi connectivity index (χ3v) is 4.30. The Morgan fingerprint density at radius 2 is 2.24 bits per heavy atom. The topological polar surface area (TPSA) is 66.9 Å². The van der Waals surface area contributed by atoms with Crippen LogP contribution in [-0.2, 0) is 6.42 Å². The molecule has 0 amide bonds. The second kappa shape index (κ2) is 6.44. The van der Waals surface area contributed by atoms with Crippen molar-refractivity contribution in [3.8, 4) is 0 Å². The first-order valence-corrected chi connectivity index (χ1v) is 7.58. The number of allylic oxidation sites excluding steroid dienone is 2. The van der Waals surface area contributed by atoms with Crippen molar-refractivity contribution >= 4 is 23.1 Å². The molecule has 0 fully saturated rings. The minimum absolute atomic E-state index is 0.179. The van der Waals surface area contributed by atoms with Crippen LogP contribution in [0.15, 0.2) is 23.9 Å². The number of fused-ring (bicyclic) bond motifs is 1. The maximum absolute atomic E-state index is 12.3. The molecule has 0 saturated carbocycles. The molecule has 1 aliphatic rings. The molecule has 0 spiro atoms. The van der Waals surface area contributed by atoms with Gasteiger partial charge < -0.3 is 11.1 Å². The van der Waals surface area contributed by atoms with Crippen molar-refractivity contribution in [2.75, 3.05) is 0 Å². The number of hydrogen-bond donors (Lipinski definition) is 2. The summed E-state index contributed by atoms with van der Waals surface area (Å²) in [5.41, 5.74) is 9.90. The SMILES string of the molecule is CC(=N)/C=C(\N)CC1CCC(=O)c2c(C)ccc(Cl)c2C1. The van der Waals surface area contributed by atoms with Gasteiger partial charge in [0.1, 0.15) is 0 Å². The number of rotatable bonds is 3. The van der Waals surface area contributed by atoms with E-state index in [1.54, 1.807) is 13.0 Å². The average molecular weight is 305 g/mol. The van der Waals surface area contributed by atoms with Crippen LogP contribution >= 0.6 is 11.6 Å². The summed E-state index contributed by atoms with van der Waals surface area (Å²) in [6, 6.07) is 3.78. The van der Waals surface area contributed by atoms with E-state index in [1.807, 2.05) is 19.1 Å². The van der Waals surface area contributed by atoms with Gasteiger partial charge in [0.25, 0.3) is 0 Å². The highest BCUT2D eigenvalue weighted by Gasteiger charge is 2.25. The predicted molar refractivity (Wildman–Crippen MR) is 87.2 cm³/mol. The summed E-state index contributed by atoms with van der Waals surface area (Å²) in [7, 11) is 0. The van der Waals surface area contributed by atoms with E-state index in [2.05, 4.69) is 0 Å². The zero-order valence-corrected chi connectivity index (χ0v) is 13.3. The molecular weight excluding hydrogens is 284 g/mol. The number of hydrogen-bond acceptors (Lipinski definition) is 3. The van der Waals surface area contributed by atoms with Gasteiger partial charge in [0.2, 0.25) is 0 Å². The number of carbonyl (C=O) groups is 1. The number of nitrogens with two attached hydrogens (primary N) is 1. The number of aryl methyl sites for hydroxylation is 1. The normalized spacial score (nSPS) is 19.1. The molecule has 1 unspecified atom stereocenters. The Balaban J connectivity index is 2.30. The van der Waals surface area contributed by atoms with E-state index in [9.17, 15) is 4.79 Å². The molecule has 3 nitrogen and oxygen atoms in total. The Morgan fingerprint density at radius 3 is 2.90 bits per heavy atom. The summed E-state index contributed by atoms with van der Waals surface area (Å²) in [6.45, 7) is 3.67. The van der Waals surface area contributed by atoms with Crippen molar-refractivity contribution < 1.29 is 4.79 Å². The second-order valence-electron chi connectivity index (χ2n) is 5.86. The maximum atomic E-state index is 12.3. The van der Waals surface area contributed by atoms with Gasteiger partial charge in [-0.15, -0.1) is 0 Å². The molecule has 3 N–H and O–H groups in total. The van der Waals surface area contributed by atoms with E-state index < -0.39 is 0 Å². The van der Waals surface area contributed by atoms with Crippen LogP contribution in [0.3, 0.4) is 0 Å². The number of nitrogens with one attached hydrogen (secondary N) is 1. The summed E-state index contributed by atoms with van der Waals surface area (Å²) in [6.07, 6.45) is 4.51. The molecule has 1 aromatic carbocycles. The van der Waals surface area contributed by atoms with Crippen LogP contribution in [0.2, 0.25) is 5.02 Å². The zero-order chi connectivity index (χ0) is 15.6. The third-order valence-electron chi connectivity index (χ3n) is 3.94. The van der Waals surface area contributed by atoms with E-state index in [-0.39, 0.29) is 5.78 Å². The lowest BCUT2D eigenvalue weighted by atomic mass is 9.91. The summed E-state index contributed by atoms with van der Waals surface area (Å²) < 4.78 is 0. The van der Waals surface area contributed by atoms with Crippen LogP contribution in [0.25, 0.3) is 0 Å². The summed E-state index contributed by atoms with van der Waals surface area (Å²) in [4.78, 5) is 12.3. The van der Waals surface area contributed by atoms with Crippen LogP contribution in [0.4, 0.5) is 0 Å². The van der Waals surface area contributed by atoms with E-state index in [1.165, 1.54) is 0 Å². The van der Waals surface area contributed by atoms with E-state index in [0.717, 1.165) is 29.5 Å².